The predicted octanol–water partition coefficient (Wildman–Crippen LogP) is -2.21. The van der Waals surface area contributed by atoms with Gasteiger partial charge in [-0.2, -0.15) is 0 Å². The minimum Gasteiger partial charge on any atom is -1.00 e. The molecule has 1 atom stereocenters. The summed E-state index contributed by atoms with van der Waals surface area (Å²) in [5.41, 5.74) is 2.70. The molecule has 0 N–H and O–H groups in total. The molecule has 0 aromatic heterocycles. The number of ether oxygens (including phenoxy) is 1. The molecule has 0 saturated heterocycles. The Morgan fingerprint density at radius 3 is 2.30 bits per heavy atom. The van der Waals surface area contributed by atoms with E-state index in [1.54, 1.807) is 0 Å². The maximum Gasteiger partial charge on any atom is -1.00 e. The molecule has 2 rings (SSSR count). The van der Waals surface area contributed by atoms with Gasteiger partial charge in [-0.15, -0.1) is 0 Å². The van der Waals surface area contributed by atoms with Crippen LogP contribution in [0.25, 0.3) is 0 Å². The molecule has 0 spiro atoms. The van der Waals surface area contributed by atoms with E-state index >= 15 is 0 Å². The summed E-state index contributed by atoms with van der Waals surface area (Å²) in [5, 5.41) is 0. The first-order valence-corrected chi connectivity index (χ1v) is 7.25. The van der Waals surface area contributed by atoms with Crippen molar-refractivity contribution in [3.63, 3.8) is 0 Å². The number of halogens is 2. The summed E-state index contributed by atoms with van der Waals surface area (Å²) in [4.78, 5) is 0. The summed E-state index contributed by atoms with van der Waals surface area (Å²) < 4.78 is 7.54. The van der Waals surface area contributed by atoms with Gasteiger partial charge in [0.15, 0.2) is 0 Å². The third-order valence-corrected chi connectivity index (χ3v) is 3.78. The number of allylic oxidation sites excluding steroid dienone is 2. The van der Waals surface area contributed by atoms with E-state index in [9.17, 15) is 0 Å². The molecule has 0 heterocycles. The predicted molar refractivity (Wildman–Crippen MR) is 70.9 cm³/mol. The van der Waals surface area contributed by atoms with Gasteiger partial charge in [-0.3, -0.25) is 0 Å². The first-order chi connectivity index (χ1) is 8.66. The van der Waals surface area contributed by atoms with Gasteiger partial charge in [0.2, 0.25) is 0 Å². The van der Waals surface area contributed by atoms with Crippen molar-refractivity contribution in [3.8, 4) is 0 Å². The molecular weight excluding hydrogens is 327 g/mol. The first kappa shape index (κ1) is 20.0. The van der Waals surface area contributed by atoms with Crippen molar-refractivity contribution in [3.05, 3.63) is 57.5 Å². The van der Waals surface area contributed by atoms with E-state index < -0.39 is 0 Å². The molecule has 0 amide bonds. The number of hydrogen-bond acceptors (Lipinski definition) is 1. The second-order valence-corrected chi connectivity index (χ2v) is 5.85. The topological polar surface area (TPSA) is 9.23 Å². The molecule has 1 unspecified atom stereocenters. The smallest absolute Gasteiger partial charge is 1.00 e. The maximum absolute atomic E-state index is 6.10. The number of hydrogen-bond donors (Lipinski definition) is 0. The quantitative estimate of drug-likeness (QED) is 0.550. The van der Waals surface area contributed by atoms with Crippen LogP contribution in [0.2, 0.25) is 0 Å². The summed E-state index contributed by atoms with van der Waals surface area (Å²) in [6.45, 7) is 4.21. The van der Waals surface area contributed by atoms with Crippen LogP contribution in [-0.2, 0) is 31.6 Å². The molecule has 4 heteroatoms. The van der Waals surface area contributed by atoms with E-state index in [1.807, 2.05) is 0 Å². The zero-order valence-electron chi connectivity index (χ0n) is 11.8. The van der Waals surface area contributed by atoms with Gasteiger partial charge < -0.3 is 24.8 Å². The molecule has 1 nitrogen and oxygen atoms in total. The average Bonchev–Trinajstić information content (AvgIpc) is 2.75. The van der Waals surface area contributed by atoms with Crippen LogP contribution >= 0.6 is 0 Å². The third-order valence-electron chi connectivity index (χ3n) is 3.02. The Balaban J connectivity index is 0.00000180. The number of benzene rings is 1. The van der Waals surface area contributed by atoms with Crippen molar-refractivity contribution in [1.29, 1.82) is 0 Å². The van der Waals surface area contributed by atoms with E-state index in [-0.39, 0.29) is 37.0 Å². The molecule has 0 aliphatic heterocycles. The molecule has 107 valence electrons. The van der Waals surface area contributed by atoms with Crippen LogP contribution in [-0.4, -0.2) is 12.2 Å². The van der Waals surface area contributed by atoms with Gasteiger partial charge in [-0.25, -0.2) is 0 Å². The monoisotopic (exact) mass is 345 g/mol. The third kappa shape index (κ3) is 5.75. The van der Waals surface area contributed by atoms with Crippen molar-refractivity contribution in [2.24, 2.45) is 0 Å². The Kier molecular flexibility index (Phi) is 9.79. The van der Waals surface area contributed by atoms with Crippen molar-refractivity contribution in [2.45, 2.75) is 38.9 Å². The molecule has 20 heavy (non-hydrogen) atoms. The van der Waals surface area contributed by atoms with Gasteiger partial charge in [0.1, 0.15) is 0 Å². The minimum atomic E-state index is 0. The number of rotatable bonds is 5. The van der Waals surface area contributed by atoms with Crippen molar-refractivity contribution in [2.75, 3.05) is 0 Å². The zero-order valence-corrected chi connectivity index (χ0v) is 14.8. The molecule has 0 radical (unpaired) electrons. The first-order valence-electron chi connectivity index (χ1n) is 6.47. The molecule has 1 aromatic rings. The molecular formula is C16H19Cl2OTi. The van der Waals surface area contributed by atoms with E-state index in [0.29, 0.717) is 0 Å². The Bertz CT molecular complexity index is 455. The van der Waals surface area contributed by atoms with Gasteiger partial charge in [0.05, 0.1) is 0 Å². The average molecular weight is 346 g/mol. The molecule has 1 aliphatic carbocycles. The van der Waals surface area contributed by atoms with Crippen LogP contribution in [0.1, 0.15) is 25.8 Å². The van der Waals surface area contributed by atoms with Crippen molar-refractivity contribution >= 4 is 0 Å². The minimum absolute atomic E-state index is 0. The molecule has 1 aliphatic rings. The van der Waals surface area contributed by atoms with Crippen LogP contribution in [0.4, 0.5) is 0 Å². The van der Waals surface area contributed by atoms with Gasteiger partial charge >= 0.3 is 122 Å². The zero-order chi connectivity index (χ0) is 13.0. The molecule has 0 saturated carbocycles. The summed E-state index contributed by atoms with van der Waals surface area (Å²) in [6, 6.07) is 10.6. The summed E-state index contributed by atoms with van der Waals surface area (Å²) >= 11 is 2.21. The molecule has 0 fully saturated rings. The van der Waals surface area contributed by atoms with Gasteiger partial charge in [-0.1, -0.05) is 0 Å². The van der Waals surface area contributed by atoms with Crippen molar-refractivity contribution in [1.82, 2.24) is 0 Å². The Morgan fingerprint density at radius 2 is 1.80 bits per heavy atom. The van der Waals surface area contributed by atoms with Crippen LogP contribution in [0.3, 0.4) is 0 Å². The fraction of sp³-hybridized carbons (Fsp3) is 0.375. The van der Waals surface area contributed by atoms with Crippen LogP contribution in [0, 0.1) is 0 Å². The van der Waals surface area contributed by atoms with E-state index in [1.165, 1.54) is 15.0 Å². The Morgan fingerprint density at radius 1 is 1.15 bits per heavy atom. The maximum atomic E-state index is 6.10. The van der Waals surface area contributed by atoms with Crippen molar-refractivity contribution < 1.29 is 50.0 Å². The summed E-state index contributed by atoms with van der Waals surface area (Å²) in [6.07, 6.45) is 6.93. The van der Waals surface area contributed by atoms with Gasteiger partial charge in [-0.05, 0) is 0 Å². The van der Waals surface area contributed by atoms with Crippen LogP contribution < -0.4 is 24.8 Å². The Hall–Kier alpha value is -0.0457. The van der Waals surface area contributed by atoms with Gasteiger partial charge in [0, 0.05) is 0 Å². The SMILES string of the molecule is CC(C)OC(Cc1ccccc1)C1=[C]([Ti+2])CC=C1.[Cl-].[Cl-]. The summed E-state index contributed by atoms with van der Waals surface area (Å²) in [5.74, 6) is 0. The Labute approximate surface area is 146 Å². The van der Waals surface area contributed by atoms with Crippen LogP contribution in [0.5, 0.6) is 0 Å². The van der Waals surface area contributed by atoms with Gasteiger partial charge in [0.25, 0.3) is 0 Å². The standard InChI is InChI=1S/C16H19O.2ClH.Ti/c1-13(2)17-16(15-10-6-7-11-15)12-14-8-4-3-5-9-14;;;/h3-6,8-10,13,16H,7,12H2,1-2H3;2*1H;/q;;;+2/p-2. The van der Waals surface area contributed by atoms with E-state index in [0.717, 1.165) is 12.8 Å². The second kappa shape index (κ2) is 9.81. The second-order valence-electron chi connectivity index (χ2n) is 4.90. The fourth-order valence-electron chi connectivity index (χ4n) is 2.21. The summed E-state index contributed by atoms with van der Waals surface area (Å²) in [7, 11) is 0. The van der Waals surface area contributed by atoms with E-state index in [2.05, 4.69) is 76.8 Å². The molecule has 1 aromatic carbocycles. The fourth-order valence-corrected chi connectivity index (χ4v) is 2.78. The normalized spacial score (nSPS) is 15.1. The molecule has 0 bridgehead atoms. The van der Waals surface area contributed by atoms with E-state index in [4.69, 9.17) is 4.74 Å². The van der Waals surface area contributed by atoms with Crippen LogP contribution in [0.15, 0.2) is 51.9 Å². The largest absolute Gasteiger partial charge is 1.00 e.